The summed E-state index contributed by atoms with van der Waals surface area (Å²) >= 11 is 0. The molecular weight excluding hydrogens is 324 g/mol. The van der Waals surface area contributed by atoms with Crippen molar-refractivity contribution >= 4 is 10.2 Å². The molecule has 3 rings (SSSR count). The van der Waals surface area contributed by atoms with Gasteiger partial charge < -0.3 is 0 Å². The maximum absolute atomic E-state index is 12.3. The van der Waals surface area contributed by atoms with Crippen LogP contribution >= 0.6 is 0 Å². The van der Waals surface area contributed by atoms with E-state index >= 15 is 0 Å². The second kappa shape index (κ2) is 7.46. The van der Waals surface area contributed by atoms with Crippen molar-refractivity contribution in [2.24, 2.45) is 5.92 Å². The van der Waals surface area contributed by atoms with Gasteiger partial charge in [0.15, 0.2) is 0 Å². The van der Waals surface area contributed by atoms with Gasteiger partial charge in [0, 0.05) is 25.8 Å². The van der Waals surface area contributed by atoms with Crippen molar-refractivity contribution in [2.75, 3.05) is 19.6 Å². The normalized spacial score (nSPS) is 19.5. The molecule has 1 aromatic carbocycles. The monoisotopic (exact) mass is 348 g/mol. The molecule has 0 bridgehead atoms. The first-order valence-electron chi connectivity index (χ1n) is 8.38. The van der Waals surface area contributed by atoms with Crippen LogP contribution in [0, 0.1) is 5.92 Å². The largest absolute Gasteiger partial charge is 0.279 e. The number of hydrogen-bond donors (Lipinski definition) is 1. The van der Waals surface area contributed by atoms with Gasteiger partial charge in [-0.3, -0.25) is 0 Å². The van der Waals surface area contributed by atoms with Crippen molar-refractivity contribution in [2.45, 2.75) is 26.2 Å². The van der Waals surface area contributed by atoms with Crippen LogP contribution < -0.4 is 4.72 Å². The summed E-state index contributed by atoms with van der Waals surface area (Å²) in [6.45, 7) is 3.71. The van der Waals surface area contributed by atoms with E-state index in [0.717, 1.165) is 24.1 Å². The van der Waals surface area contributed by atoms with Crippen LogP contribution in [0.3, 0.4) is 0 Å². The molecule has 0 unspecified atom stereocenters. The minimum Gasteiger partial charge on any atom is -0.241 e. The number of aromatic nitrogens is 2. The fourth-order valence-electron chi connectivity index (χ4n) is 2.99. The summed E-state index contributed by atoms with van der Waals surface area (Å²) in [5.74, 6) is 0.430. The number of rotatable bonds is 6. The molecule has 0 spiro atoms. The highest BCUT2D eigenvalue weighted by Gasteiger charge is 2.26. The Labute approximate surface area is 143 Å². The molecule has 1 aliphatic rings. The Kier molecular flexibility index (Phi) is 5.33. The van der Waals surface area contributed by atoms with Gasteiger partial charge in [-0.1, -0.05) is 25.1 Å². The molecule has 7 heteroatoms. The van der Waals surface area contributed by atoms with Crippen LogP contribution in [0.5, 0.6) is 0 Å². The highest BCUT2D eigenvalue weighted by molar-refractivity contribution is 7.87. The van der Waals surface area contributed by atoms with E-state index in [1.54, 1.807) is 15.2 Å². The molecule has 1 aromatic heterocycles. The molecule has 1 atom stereocenters. The van der Waals surface area contributed by atoms with Crippen LogP contribution in [0.1, 0.15) is 25.3 Å². The van der Waals surface area contributed by atoms with Crippen LogP contribution in [0.2, 0.25) is 0 Å². The third-order valence-electron chi connectivity index (χ3n) is 4.31. The molecule has 130 valence electrons. The van der Waals surface area contributed by atoms with E-state index in [2.05, 4.69) is 16.7 Å². The Hall–Kier alpha value is -1.70. The predicted molar refractivity (Wildman–Crippen MR) is 94.2 cm³/mol. The van der Waals surface area contributed by atoms with Gasteiger partial charge in [0.25, 0.3) is 10.2 Å². The third kappa shape index (κ3) is 4.23. The molecule has 0 aliphatic carbocycles. The number of piperidine rings is 1. The van der Waals surface area contributed by atoms with Gasteiger partial charge in [-0.15, -0.1) is 0 Å². The van der Waals surface area contributed by atoms with Crippen LogP contribution in [-0.4, -0.2) is 42.1 Å². The Morgan fingerprint density at radius 3 is 2.83 bits per heavy atom. The van der Waals surface area contributed by atoms with Gasteiger partial charge in [-0.05, 0) is 42.9 Å². The topological polar surface area (TPSA) is 67.2 Å². The lowest BCUT2D eigenvalue weighted by atomic mass is 10.0. The van der Waals surface area contributed by atoms with Gasteiger partial charge in [0.2, 0.25) is 0 Å². The average molecular weight is 348 g/mol. The standard InChI is InChI=1S/C17H24N4O2S/c1-15-6-5-11-20(13-15)24(22,23)19-10-9-16-12-18-21(14-16)17-7-3-2-4-8-17/h2-4,7-8,12,14-15,19H,5-6,9-11,13H2,1H3/t15-/m1/s1. The van der Waals surface area contributed by atoms with Crippen LogP contribution in [0.4, 0.5) is 0 Å². The van der Waals surface area contributed by atoms with Crippen molar-refractivity contribution in [1.82, 2.24) is 18.8 Å². The van der Waals surface area contributed by atoms with Crippen LogP contribution in [-0.2, 0) is 16.6 Å². The summed E-state index contributed by atoms with van der Waals surface area (Å²) in [5, 5.41) is 4.33. The summed E-state index contributed by atoms with van der Waals surface area (Å²) in [6, 6.07) is 9.85. The van der Waals surface area contributed by atoms with E-state index in [0.29, 0.717) is 32.0 Å². The second-order valence-corrected chi connectivity index (χ2v) is 8.14. The number of para-hydroxylation sites is 1. The van der Waals surface area contributed by atoms with Crippen molar-refractivity contribution in [3.63, 3.8) is 0 Å². The van der Waals surface area contributed by atoms with Crippen molar-refractivity contribution in [1.29, 1.82) is 0 Å². The van der Waals surface area contributed by atoms with Gasteiger partial charge in [-0.25, -0.2) is 9.40 Å². The van der Waals surface area contributed by atoms with Crippen molar-refractivity contribution < 1.29 is 8.42 Å². The van der Waals surface area contributed by atoms with E-state index in [9.17, 15) is 8.42 Å². The Bertz CT molecular complexity index is 758. The summed E-state index contributed by atoms with van der Waals surface area (Å²) in [5.41, 5.74) is 2.00. The quantitative estimate of drug-likeness (QED) is 0.868. The maximum Gasteiger partial charge on any atom is 0.279 e. The molecule has 1 aliphatic heterocycles. The zero-order chi connectivity index (χ0) is 17.0. The van der Waals surface area contributed by atoms with Gasteiger partial charge in [-0.2, -0.15) is 17.8 Å². The fourth-order valence-corrected chi connectivity index (χ4v) is 4.35. The second-order valence-electron chi connectivity index (χ2n) is 6.38. The molecule has 24 heavy (non-hydrogen) atoms. The lowest BCUT2D eigenvalue weighted by Gasteiger charge is -2.29. The molecule has 2 aromatic rings. The van der Waals surface area contributed by atoms with Crippen LogP contribution in [0.15, 0.2) is 42.7 Å². The highest BCUT2D eigenvalue weighted by atomic mass is 32.2. The molecule has 1 fully saturated rings. The first kappa shape index (κ1) is 17.1. The van der Waals surface area contributed by atoms with E-state index in [-0.39, 0.29) is 0 Å². The number of nitrogens with zero attached hydrogens (tertiary/aromatic N) is 3. The molecule has 1 N–H and O–H groups in total. The third-order valence-corrected chi connectivity index (χ3v) is 5.90. The predicted octanol–water partition coefficient (Wildman–Crippen LogP) is 1.98. The van der Waals surface area contributed by atoms with Gasteiger partial charge in [0.05, 0.1) is 11.9 Å². The molecule has 0 amide bonds. The Morgan fingerprint density at radius 2 is 2.08 bits per heavy atom. The minimum atomic E-state index is -3.38. The fraction of sp³-hybridized carbons (Fsp3) is 0.471. The Balaban J connectivity index is 1.54. The summed E-state index contributed by atoms with van der Waals surface area (Å²) in [4.78, 5) is 0. The molecule has 0 radical (unpaired) electrons. The molecular formula is C17H24N4O2S. The summed E-state index contributed by atoms with van der Waals surface area (Å²) in [7, 11) is -3.38. The van der Waals surface area contributed by atoms with Gasteiger partial charge in [0.1, 0.15) is 0 Å². The smallest absolute Gasteiger partial charge is 0.241 e. The summed E-state index contributed by atoms with van der Waals surface area (Å²) < 4.78 is 30.8. The van der Waals surface area contributed by atoms with E-state index < -0.39 is 10.2 Å². The SMILES string of the molecule is C[C@@H]1CCCN(S(=O)(=O)NCCc2cnn(-c3ccccc3)c2)C1. The maximum atomic E-state index is 12.3. The minimum absolute atomic E-state index is 0.383. The summed E-state index contributed by atoms with van der Waals surface area (Å²) in [6.07, 6.45) is 6.38. The zero-order valence-corrected chi connectivity index (χ0v) is 14.7. The number of nitrogens with one attached hydrogen (secondary N) is 1. The van der Waals surface area contributed by atoms with Crippen molar-refractivity contribution in [3.8, 4) is 5.69 Å². The lowest BCUT2D eigenvalue weighted by Crippen LogP contribution is -2.46. The first-order chi connectivity index (χ1) is 11.5. The first-order valence-corrected chi connectivity index (χ1v) is 9.82. The van der Waals surface area contributed by atoms with E-state index in [1.807, 2.05) is 36.5 Å². The lowest BCUT2D eigenvalue weighted by molar-refractivity contribution is 0.278. The molecule has 1 saturated heterocycles. The van der Waals surface area contributed by atoms with Crippen molar-refractivity contribution in [3.05, 3.63) is 48.3 Å². The molecule has 6 nitrogen and oxygen atoms in total. The average Bonchev–Trinajstić information content (AvgIpc) is 3.04. The van der Waals surface area contributed by atoms with Crippen LogP contribution in [0.25, 0.3) is 5.69 Å². The zero-order valence-electron chi connectivity index (χ0n) is 13.9. The number of hydrogen-bond acceptors (Lipinski definition) is 3. The van der Waals surface area contributed by atoms with Gasteiger partial charge >= 0.3 is 0 Å². The number of benzene rings is 1. The highest BCUT2D eigenvalue weighted by Crippen LogP contribution is 2.17. The Morgan fingerprint density at radius 1 is 1.29 bits per heavy atom. The molecule has 2 heterocycles. The van der Waals surface area contributed by atoms with E-state index in [4.69, 9.17) is 0 Å². The van der Waals surface area contributed by atoms with E-state index in [1.165, 1.54) is 0 Å². The molecule has 0 saturated carbocycles.